The van der Waals surface area contributed by atoms with Crippen molar-refractivity contribution >= 4 is 0 Å². The predicted molar refractivity (Wildman–Crippen MR) is 65.2 cm³/mol. The summed E-state index contributed by atoms with van der Waals surface area (Å²) in [5.74, 6) is 0.870. The van der Waals surface area contributed by atoms with Gasteiger partial charge in [-0.15, -0.1) is 0 Å². The van der Waals surface area contributed by atoms with Gasteiger partial charge < -0.3 is 10.5 Å². The van der Waals surface area contributed by atoms with E-state index in [2.05, 4.69) is 6.92 Å². The van der Waals surface area contributed by atoms with E-state index in [0.717, 1.165) is 12.5 Å². The standard InChI is InChI=1S/C14H25NO/c1-13(7-3-12(15)10-13)11-4-8-16-14(9-11)5-2-6-14/h11-12H,2-10,15H2,1H3. The first-order valence-corrected chi connectivity index (χ1v) is 7.02. The second-order valence-corrected chi connectivity index (χ2v) is 6.73. The first-order valence-electron chi connectivity index (χ1n) is 7.02. The van der Waals surface area contributed by atoms with Gasteiger partial charge in [0.1, 0.15) is 0 Å². The lowest BCUT2D eigenvalue weighted by Gasteiger charge is -2.51. The van der Waals surface area contributed by atoms with Crippen molar-refractivity contribution in [2.24, 2.45) is 17.1 Å². The molecule has 0 aromatic rings. The molecule has 92 valence electrons. The number of nitrogens with two attached hydrogens (primary N) is 1. The third kappa shape index (κ3) is 1.70. The van der Waals surface area contributed by atoms with Crippen molar-refractivity contribution in [2.75, 3.05) is 6.61 Å². The molecule has 3 aliphatic rings. The van der Waals surface area contributed by atoms with Crippen LogP contribution in [0.25, 0.3) is 0 Å². The zero-order chi connectivity index (χ0) is 11.2. The Bertz CT molecular complexity index is 274. The molecule has 1 heterocycles. The molecule has 0 aromatic carbocycles. The van der Waals surface area contributed by atoms with E-state index in [-0.39, 0.29) is 0 Å². The third-order valence-electron chi connectivity index (χ3n) is 5.56. The van der Waals surface area contributed by atoms with E-state index in [1.54, 1.807) is 0 Å². The number of hydrogen-bond acceptors (Lipinski definition) is 2. The fraction of sp³-hybridized carbons (Fsp3) is 1.00. The van der Waals surface area contributed by atoms with E-state index in [1.807, 2.05) is 0 Å². The van der Waals surface area contributed by atoms with Gasteiger partial charge in [-0.2, -0.15) is 0 Å². The molecule has 3 fully saturated rings. The Morgan fingerprint density at radius 3 is 2.50 bits per heavy atom. The molecule has 1 saturated heterocycles. The minimum atomic E-state index is 0.304. The molecule has 3 rings (SSSR count). The molecule has 16 heavy (non-hydrogen) atoms. The first kappa shape index (κ1) is 11.0. The van der Waals surface area contributed by atoms with Crippen LogP contribution in [0.3, 0.4) is 0 Å². The molecular weight excluding hydrogens is 198 g/mol. The zero-order valence-corrected chi connectivity index (χ0v) is 10.5. The summed E-state index contributed by atoms with van der Waals surface area (Å²) in [4.78, 5) is 0. The molecule has 2 nitrogen and oxygen atoms in total. The maximum Gasteiger partial charge on any atom is 0.0685 e. The van der Waals surface area contributed by atoms with Crippen LogP contribution in [0, 0.1) is 11.3 Å². The smallest absolute Gasteiger partial charge is 0.0685 e. The maximum absolute atomic E-state index is 6.10. The van der Waals surface area contributed by atoms with Crippen molar-refractivity contribution < 1.29 is 4.74 Å². The van der Waals surface area contributed by atoms with Crippen LogP contribution >= 0.6 is 0 Å². The molecule has 2 heteroatoms. The topological polar surface area (TPSA) is 35.2 Å². The van der Waals surface area contributed by atoms with Crippen LogP contribution in [-0.4, -0.2) is 18.2 Å². The second-order valence-electron chi connectivity index (χ2n) is 6.73. The molecule has 1 spiro atoms. The van der Waals surface area contributed by atoms with Crippen LogP contribution in [0.15, 0.2) is 0 Å². The van der Waals surface area contributed by atoms with Crippen molar-refractivity contribution in [1.82, 2.24) is 0 Å². The molecule has 2 aliphatic carbocycles. The highest BCUT2D eigenvalue weighted by atomic mass is 16.5. The van der Waals surface area contributed by atoms with Gasteiger partial charge in [0, 0.05) is 12.6 Å². The molecule has 2 N–H and O–H groups in total. The maximum atomic E-state index is 6.10. The summed E-state index contributed by atoms with van der Waals surface area (Å²) in [6.45, 7) is 3.47. The average molecular weight is 223 g/mol. The summed E-state index contributed by atoms with van der Waals surface area (Å²) in [5, 5.41) is 0. The Morgan fingerprint density at radius 2 is 1.94 bits per heavy atom. The summed E-state index contributed by atoms with van der Waals surface area (Å²) < 4.78 is 6.03. The molecule has 0 aromatic heterocycles. The van der Waals surface area contributed by atoms with Gasteiger partial charge in [-0.1, -0.05) is 6.92 Å². The van der Waals surface area contributed by atoms with Crippen LogP contribution in [0.1, 0.15) is 58.3 Å². The van der Waals surface area contributed by atoms with Crippen molar-refractivity contribution in [3.05, 3.63) is 0 Å². The van der Waals surface area contributed by atoms with Crippen LogP contribution in [0.4, 0.5) is 0 Å². The molecule has 0 radical (unpaired) electrons. The van der Waals surface area contributed by atoms with E-state index >= 15 is 0 Å². The van der Waals surface area contributed by atoms with Crippen molar-refractivity contribution in [1.29, 1.82) is 0 Å². The van der Waals surface area contributed by atoms with Gasteiger partial charge in [0.2, 0.25) is 0 Å². The summed E-state index contributed by atoms with van der Waals surface area (Å²) in [5.41, 5.74) is 6.92. The average Bonchev–Trinajstić information content (AvgIpc) is 2.58. The molecule has 3 unspecified atom stereocenters. The van der Waals surface area contributed by atoms with Gasteiger partial charge in [0.15, 0.2) is 0 Å². The highest BCUT2D eigenvalue weighted by Gasteiger charge is 2.49. The molecular formula is C14H25NO. The van der Waals surface area contributed by atoms with Gasteiger partial charge in [-0.3, -0.25) is 0 Å². The Kier molecular flexibility index (Phi) is 2.56. The van der Waals surface area contributed by atoms with Gasteiger partial charge in [0.25, 0.3) is 0 Å². The van der Waals surface area contributed by atoms with Crippen LogP contribution in [0.5, 0.6) is 0 Å². The molecule has 0 amide bonds. The third-order valence-corrected chi connectivity index (χ3v) is 5.56. The normalized spacial score (nSPS) is 46.9. The first-order chi connectivity index (χ1) is 7.62. The fourth-order valence-corrected chi connectivity index (χ4v) is 4.23. The second kappa shape index (κ2) is 3.71. The highest BCUT2D eigenvalue weighted by molar-refractivity contribution is 5.00. The summed E-state index contributed by atoms with van der Waals surface area (Å²) >= 11 is 0. The molecule has 0 bridgehead atoms. The minimum Gasteiger partial charge on any atom is -0.375 e. The Morgan fingerprint density at radius 1 is 1.12 bits per heavy atom. The SMILES string of the molecule is CC1(C2CCOC3(CCC3)C2)CCC(N)C1. The Hall–Kier alpha value is -0.0800. The van der Waals surface area contributed by atoms with Gasteiger partial charge in [-0.05, 0) is 62.7 Å². The Labute approximate surface area is 98.9 Å². The zero-order valence-electron chi connectivity index (χ0n) is 10.5. The van der Waals surface area contributed by atoms with E-state index in [1.165, 1.54) is 51.4 Å². The van der Waals surface area contributed by atoms with E-state index in [4.69, 9.17) is 10.5 Å². The molecule has 1 aliphatic heterocycles. The van der Waals surface area contributed by atoms with Crippen LogP contribution in [-0.2, 0) is 4.74 Å². The lowest BCUT2D eigenvalue weighted by Crippen LogP contribution is -2.48. The molecule has 2 saturated carbocycles. The summed E-state index contributed by atoms with van der Waals surface area (Å²) in [7, 11) is 0. The Balaban J connectivity index is 1.70. The van der Waals surface area contributed by atoms with E-state index in [9.17, 15) is 0 Å². The number of rotatable bonds is 1. The van der Waals surface area contributed by atoms with Crippen molar-refractivity contribution in [3.8, 4) is 0 Å². The van der Waals surface area contributed by atoms with Gasteiger partial charge in [0.05, 0.1) is 5.60 Å². The summed E-state index contributed by atoms with van der Waals surface area (Å²) in [6, 6.07) is 0.463. The highest BCUT2D eigenvalue weighted by Crippen LogP contribution is 2.53. The fourth-order valence-electron chi connectivity index (χ4n) is 4.23. The lowest BCUT2D eigenvalue weighted by atomic mass is 9.63. The van der Waals surface area contributed by atoms with Crippen LogP contribution in [0.2, 0.25) is 0 Å². The summed E-state index contributed by atoms with van der Waals surface area (Å²) in [6.07, 6.45) is 10.4. The number of hydrogen-bond donors (Lipinski definition) is 1. The monoisotopic (exact) mass is 223 g/mol. The predicted octanol–water partition coefficient (Wildman–Crippen LogP) is 2.85. The van der Waals surface area contributed by atoms with E-state index in [0.29, 0.717) is 17.1 Å². The van der Waals surface area contributed by atoms with Crippen molar-refractivity contribution in [2.45, 2.75) is 69.9 Å². The molecule has 3 atom stereocenters. The quantitative estimate of drug-likeness (QED) is 0.742. The van der Waals surface area contributed by atoms with Crippen LogP contribution < -0.4 is 5.73 Å². The van der Waals surface area contributed by atoms with Gasteiger partial charge >= 0.3 is 0 Å². The lowest BCUT2D eigenvalue weighted by molar-refractivity contribution is -0.158. The van der Waals surface area contributed by atoms with Gasteiger partial charge in [-0.25, -0.2) is 0 Å². The van der Waals surface area contributed by atoms with E-state index < -0.39 is 0 Å². The van der Waals surface area contributed by atoms with Crippen molar-refractivity contribution in [3.63, 3.8) is 0 Å². The largest absolute Gasteiger partial charge is 0.375 e. The minimum absolute atomic E-state index is 0.304. The number of ether oxygens (including phenoxy) is 1.